The molecule has 3 rings (SSSR count). The van der Waals surface area contributed by atoms with Crippen molar-refractivity contribution in [3.05, 3.63) is 29.8 Å². The average Bonchev–Trinajstić information content (AvgIpc) is 3.05. The van der Waals surface area contributed by atoms with Gasteiger partial charge in [0.1, 0.15) is 0 Å². The number of ketones is 1. The average molecular weight is 358 g/mol. The van der Waals surface area contributed by atoms with Gasteiger partial charge in [0.15, 0.2) is 5.78 Å². The Labute approximate surface area is 155 Å². The number of rotatable bonds is 4. The SMILES string of the molecule is CC1(C)OB(c2ccc(C(=O)[C@@H]3CCC[C@@]3(C)C(=O)O)cc2)OC1(C)C. The highest BCUT2D eigenvalue weighted by Crippen LogP contribution is 2.45. The molecule has 0 bridgehead atoms. The van der Waals surface area contributed by atoms with E-state index in [1.165, 1.54) is 0 Å². The molecule has 1 saturated carbocycles. The highest BCUT2D eigenvalue weighted by Gasteiger charge is 2.52. The summed E-state index contributed by atoms with van der Waals surface area (Å²) >= 11 is 0. The summed E-state index contributed by atoms with van der Waals surface area (Å²) in [4.78, 5) is 24.5. The molecule has 2 aliphatic rings. The lowest BCUT2D eigenvalue weighted by atomic mass is 9.75. The van der Waals surface area contributed by atoms with Crippen molar-refractivity contribution in [3.63, 3.8) is 0 Å². The summed E-state index contributed by atoms with van der Waals surface area (Å²) in [5.74, 6) is -1.45. The predicted molar refractivity (Wildman–Crippen MR) is 99.6 cm³/mol. The van der Waals surface area contributed by atoms with E-state index in [0.717, 1.165) is 11.9 Å². The second-order valence-electron chi connectivity index (χ2n) is 8.74. The topological polar surface area (TPSA) is 72.8 Å². The molecule has 1 aliphatic heterocycles. The quantitative estimate of drug-likeness (QED) is 0.662. The Morgan fingerprint density at radius 3 is 2.08 bits per heavy atom. The van der Waals surface area contributed by atoms with Crippen LogP contribution in [0.2, 0.25) is 0 Å². The van der Waals surface area contributed by atoms with E-state index in [1.807, 2.05) is 39.8 Å². The molecule has 0 radical (unpaired) electrons. The molecule has 1 N–H and O–H groups in total. The van der Waals surface area contributed by atoms with E-state index in [1.54, 1.807) is 19.1 Å². The maximum Gasteiger partial charge on any atom is 0.494 e. The summed E-state index contributed by atoms with van der Waals surface area (Å²) in [7, 11) is -0.472. The van der Waals surface area contributed by atoms with Gasteiger partial charge in [-0.3, -0.25) is 9.59 Å². The number of carbonyl (C=O) groups is 2. The number of benzene rings is 1. The third kappa shape index (κ3) is 2.99. The van der Waals surface area contributed by atoms with Crippen molar-refractivity contribution < 1.29 is 24.0 Å². The van der Waals surface area contributed by atoms with Crippen LogP contribution in [0, 0.1) is 11.3 Å². The zero-order valence-corrected chi connectivity index (χ0v) is 16.2. The lowest BCUT2D eigenvalue weighted by Gasteiger charge is -2.32. The number of carboxylic acids is 1. The molecule has 1 heterocycles. The van der Waals surface area contributed by atoms with Crippen LogP contribution in [0.3, 0.4) is 0 Å². The fraction of sp³-hybridized carbons (Fsp3) is 0.600. The number of carbonyl (C=O) groups excluding carboxylic acids is 1. The molecule has 1 saturated heterocycles. The van der Waals surface area contributed by atoms with Crippen LogP contribution in [0.5, 0.6) is 0 Å². The molecule has 0 aromatic heterocycles. The smallest absolute Gasteiger partial charge is 0.481 e. The first-order valence-corrected chi connectivity index (χ1v) is 9.21. The standard InChI is InChI=1S/C20H27BO5/c1-18(2)19(3,4)26-21(25-18)14-10-8-13(9-11-14)16(22)15-7-6-12-20(15,5)17(23)24/h8-11,15H,6-7,12H2,1-5H3,(H,23,24)/t15-,20+/m0/s1. The third-order valence-corrected chi connectivity index (χ3v) is 6.48. The molecule has 1 aromatic rings. The highest BCUT2D eigenvalue weighted by atomic mass is 16.7. The normalized spacial score (nSPS) is 29.7. The van der Waals surface area contributed by atoms with Gasteiger partial charge in [-0.25, -0.2) is 0 Å². The first-order valence-electron chi connectivity index (χ1n) is 9.21. The molecule has 1 aromatic carbocycles. The summed E-state index contributed by atoms with van der Waals surface area (Å²) in [5, 5.41) is 9.54. The largest absolute Gasteiger partial charge is 0.494 e. The monoisotopic (exact) mass is 358 g/mol. The summed E-state index contributed by atoms with van der Waals surface area (Å²) in [6.45, 7) is 9.68. The van der Waals surface area contributed by atoms with Crippen molar-refractivity contribution in [2.45, 2.75) is 65.1 Å². The van der Waals surface area contributed by atoms with Crippen LogP contribution < -0.4 is 5.46 Å². The lowest BCUT2D eigenvalue weighted by molar-refractivity contribution is -0.149. The van der Waals surface area contributed by atoms with E-state index in [-0.39, 0.29) is 5.78 Å². The minimum atomic E-state index is -0.971. The lowest BCUT2D eigenvalue weighted by Crippen LogP contribution is -2.41. The van der Waals surface area contributed by atoms with Crippen LogP contribution in [-0.2, 0) is 14.1 Å². The van der Waals surface area contributed by atoms with Crippen molar-refractivity contribution in [1.29, 1.82) is 0 Å². The van der Waals surface area contributed by atoms with Crippen molar-refractivity contribution in [1.82, 2.24) is 0 Å². The van der Waals surface area contributed by atoms with Crippen molar-refractivity contribution >= 4 is 24.3 Å². The number of hydrogen-bond donors (Lipinski definition) is 1. The molecule has 140 valence electrons. The van der Waals surface area contributed by atoms with E-state index >= 15 is 0 Å². The Kier molecular flexibility index (Phi) is 4.56. The van der Waals surface area contributed by atoms with Crippen LogP contribution >= 0.6 is 0 Å². The van der Waals surface area contributed by atoms with Crippen LogP contribution in [0.25, 0.3) is 0 Å². The molecule has 0 amide bonds. The van der Waals surface area contributed by atoms with Gasteiger partial charge in [-0.05, 0) is 52.9 Å². The van der Waals surface area contributed by atoms with Crippen LogP contribution in [0.15, 0.2) is 24.3 Å². The zero-order valence-electron chi connectivity index (χ0n) is 16.2. The first-order chi connectivity index (χ1) is 12.0. The van der Waals surface area contributed by atoms with Crippen LogP contribution in [0.4, 0.5) is 0 Å². The number of carboxylic acid groups (broad SMARTS) is 1. The number of Topliss-reactive ketones (excluding diaryl/α,β-unsaturated/α-hetero) is 1. The van der Waals surface area contributed by atoms with E-state index < -0.39 is 35.6 Å². The van der Waals surface area contributed by atoms with Crippen molar-refractivity contribution in [3.8, 4) is 0 Å². The Balaban J connectivity index is 1.78. The summed E-state index contributed by atoms with van der Waals surface area (Å²) in [6, 6.07) is 7.18. The van der Waals surface area contributed by atoms with Gasteiger partial charge in [-0.1, -0.05) is 30.7 Å². The summed E-state index contributed by atoms with van der Waals surface area (Å²) in [5.41, 5.74) is -0.405. The molecule has 26 heavy (non-hydrogen) atoms. The second-order valence-corrected chi connectivity index (χ2v) is 8.74. The minimum Gasteiger partial charge on any atom is -0.481 e. The zero-order chi connectivity index (χ0) is 19.3. The molecule has 2 fully saturated rings. The Morgan fingerprint density at radius 1 is 1.04 bits per heavy atom. The fourth-order valence-electron chi connectivity index (χ4n) is 3.83. The van der Waals surface area contributed by atoms with Crippen molar-refractivity contribution in [2.75, 3.05) is 0 Å². The highest BCUT2D eigenvalue weighted by molar-refractivity contribution is 6.62. The van der Waals surface area contributed by atoms with Crippen LogP contribution in [-0.4, -0.2) is 35.2 Å². The molecule has 1 aliphatic carbocycles. The Morgan fingerprint density at radius 2 is 1.58 bits per heavy atom. The van der Waals surface area contributed by atoms with E-state index in [2.05, 4.69) is 0 Å². The minimum absolute atomic E-state index is 0.0899. The van der Waals surface area contributed by atoms with E-state index in [9.17, 15) is 14.7 Å². The molecular formula is C20H27BO5. The number of aliphatic carboxylic acids is 1. The maximum absolute atomic E-state index is 12.9. The number of hydrogen-bond acceptors (Lipinski definition) is 4. The van der Waals surface area contributed by atoms with Gasteiger partial charge in [0.25, 0.3) is 0 Å². The van der Waals surface area contributed by atoms with Crippen molar-refractivity contribution in [2.24, 2.45) is 11.3 Å². The van der Waals surface area contributed by atoms with Gasteiger partial charge in [-0.2, -0.15) is 0 Å². The Hall–Kier alpha value is -1.66. The summed E-state index contributed by atoms with van der Waals surface area (Å²) in [6.07, 6.45) is 1.94. The molecule has 2 atom stereocenters. The third-order valence-electron chi connectivity index (χ3n) is 6.48. The van der Waals surface area contributed by atoms with Gasteiger partial charge in [-0.15, -0.1) is 0 Å². The maximum atomic E-state index is 12.9. The molecule has 6 heteroatoms. The van der Waals surface area contributed by atoms with Gasteiger partial charge < -0.3 is 14.4 Å². The molecule has 5 nitrogen and oxygen atoms in total. The summed E-state index contributed by atoms with van der Waals surface area (Å²) < 4.78 is 12.1. The van der Waals surface area contributed by atoms with Gasteiger partial charge in [0, 0.05) is 11.5 Å². The van der Waals surface area contributed by atoms with Gasteiger partial charge in [0.2, 0.25) is 0 Å². The van der Waals surface area contributed by atoms with Gasteiger partial charge in [0.05, 0.1) is 16.6 Å². The predicted octanol–water partition coefficient (Wildman–Crippen LogP) is 3.06. The second kappa shape index (κ2) is 6.20. The van der Waals surface area contributed by atoms with E-state index in [0.29, 0.717) is 18.4 Å². The fourth-order valence-corrected chi connectivity index (χ4v) is 3.83. The first kappa shape index (κ1) is 19.1. The molecule has 0 spiro atoms. The van der Waals surface area contributed by atoms with Gasteiger partial charge >= 0.3 is 13.1 Å². The molecule has 0 unspecified atom stereocenters. The van der Waals surface area contributed by atoms with E-state index in [4.69, 9.17) is 9.31 Å². The van der Waals surface area contributed by atoms with Crippen LogP contribution in [0.1, 0.15) is 64.2 Å². The molecular weight excluding hydrogens is 331 g/mol. The Bertz CT molecular complexity index is 708.